The highest BCUT2D eigenvalue weighted by Crippen LogP contribution is 2.36. The van der Waals surface area contributed by atoms with Crippen LogP contribution < -0.4 is 21.5 Å². The van der Waals surface area contributed by atoms with Crippen LogP contribution in [-0.4, -0.2) is 40.0 Å². The summed E-state index contributed by atoms with van der Waals surface area (Å²) in [6.45, 7) is 1.87. The topological polar surface area (TPSA) is 117 Å². The van der Waals surface area contributed by atoms with Gasteiger partial charge in [-0.05, 0) is 37.8 Å². The van der Waals surface area contributed by atoms with Crippen molar-refractivity contribution in [1.29, 1.82) is 0 Å². The summed E-state index contributed by atoms with van der Waals surface area (Å²) in [7, 11) is 0. The number of rotatable bonds is 4. The predicted molar refractivity (Wildman–Crippen MR) is 98.2 cm³/mol. The monoisotopic (exact) mass is 354 g/mol. The molecule has 0 bridgehead atoms. The van der Waals surface area contributed by atoms with E-state index in [1.54, 1.807) is 18.2 Å². The van der Waals surface area contributed by atoms with Gasteiger partial charge < -0.3 is 16.0 Å². The van der Waals surface area contributed by atoms with E-state index < -0.39 is 0 Å². The molecule has 136 valence electrons. The lowest BCUT2D eigenvalue weighted by molar-refractivity contribution is 0.0908. The number of carbonyl (C=O) groups is 1. The molecule has 0 unspecified atom stereocenters. The van der Waals surface area contributed by atoms with E-state index in [0.717, 1.165) is 44.5 Å². The number of pyridine rings is 1. The zero-order chi connectivity index (χ0) is 18.1. The van der Waals surface area contributed by atoms with Crippen molar-refractivity contribution in [2.45, 2.75) is 37.6 Å². The average Bonchev–Trinajstić information content (AvgIpc) is 3.12. The molecule has 4 N–H and O–H groups in total. The number of aromatic nitrogens is 3. The third-order valence-electron chi connectivity index (χ3n) is 5.09. The fraction of sp³-hybridized carbons (Fsp3) is 0.444. The van der Waals surface area contributed by atoms with Crippen molar-refractivity contribution in [2.24, 2.45) is 0 Å². The lowest BCUT2D eigenvalue weighted by atomic mass is 9.78. The number of carbonyl (C=O) groups excluding carboxylic acids is 1. The molecule has 4 rings (SSSR count). The van der Waals surface area contributed by atoms with Crippen LogP contribution in [0.15, 0.2) is 29.2 Å². The highest BCUT2D eigenvalue weighted by Gasteiger charge is 2.33. The third kappa shape index (κ3) is 3.40. The Morgan fingerprint density at radius 3 is 2.73 bits per heavy atom. The molecule has 1 saturated carbocycles. The number of nitrogens with two attached hydrogens (primary N) is 1. The summed E-state index contributed by atoms with van der Waals surface area (Å²) < 4.78 is 0. The summed E-state index contributed by atoms with van der Waals surface area (Å²) in [5.74, 6) is 1.11. The molecule has 0 aromatic carbocycles. The first-order chi connectivity index (χ1) is 12.6. The zero-order valence-corrected chi connectivity index (χ0v) is 14.4. The molecular formula is C18H22N6O2. The molecule has 8 nitrogen and oxygen atoms in total. The number of hydrogen-bond acceptors (Lipinski definition) is 6. The first kappa shape index (κ1) is 16.6. The van der Waals surface area contributed by atoms with E-state index >= 15 is 0 Å². The van der Waals surface area contributed by atoms with E-state index in [9.17, 15) is 9.59 Å². The summed E-state index contributed by atoms with van der Waals surface area (Å²) >= 11 is 0. The highest BCUT2D eigenvalue weighted by atomic mass is 16.1. The smallest absolute Gasteiger partial charge is 0.253 e. The highest BCUT2D eigenvalue weighted by molar-refractivity contribution is 5.94. The van der Waals surface area contributed by atoms with Crippen LogP contribution in [0.3, 0.4) is 0 Å². The van der Waals surface area contributed by atoms with Crippen molar-refractivity contribution in [3.05, 3.63) is 46.0 Å². The molecule has 1 amide bonds. The van der Waals surface area contributed by atoms with Crippen LogP contribution >= 0.6 is 0 Å². The van der Waals surface area contributed by atoms with Crippen LogP contribution in [0.1, 0.15) is 47.7 Å². The van der Waals surface area contributed by atoms with Gasteiger partial charge in [-0.25, -0.2) is 9.97 Å². The van der Waals surface area contributed by atoms with E-state index in [2.05, 4.69) is 25.2 Å². The minimum absolute atomic E-state index is 0.0846. The maximum atomic E-state index is 12.2. The number of nitrogen functional groups attached to an aromatic ring is 1. The molecule has 3 heterocycles. The third-order valence-corrected chi connectivity index (χ3v) is 5.09. The minimum Gasteiger partial charge on any atom is -0.384 e. The van der Waals surface area contributed by atoms with Gasteiger partial charge in [0.1, 0.15) is 5.82 Å². The van der Waals surface area contributed by atoms with Crippen molar-refractivity contribution >= 4 is 17.7 Å². The fourth-order valence-corrected chi connectivity index (χ4v) is 3.54. The van der Waals surface area contributed by atoms with Crippen molar-refractivity contribution in [3.8, 4) is 0 Å². The molecule has 1 aliphatic carbocycles. The van der Waals surface area contributed by atoms with Gasteiger partial charge in [0.25, 0.3) is 11.5 Å². The largest absolute Gasteiger partial charge is 0.384 e. The van der Waals surface area contributed by atoms with Crippen molar-refractivity contribution < 1.29 is 4.79 Å². The molecule has 0 atom stereocenters. The number of anilines is 2. The molecule has 2 aromatic rings. The maximum absolute atomic E-state index is 12.2. The Morgan fingerprint density at radius 1 is 1.27 bits per heavy atom. The van der Waals surface area contributed by atoms with Gasteiger partial charge in [-0.2, -0.15) is 0 Å². The van der Waals surface area contributed by atoms with Gasteiger partial charge in [0, 0.05) is 37.3 Å². The molecule has 8 heteroatoms. The Labute approximate surface area is 150 Å². The van der Waals surface area contributed by atoms with Gasteiger partial charge in [-0.3, -0.25) is 14.6 Å². The Morgan fingerprint density at radius 2 is 2.04 bits per heavy atom. The maximum Gasteiger partial charge on any atom is 0.253 e. The molecule has 1 saturated heterocycles. The Balaban J connectivity index is 1.38. The second-order valence-electron chi connectivity index (χ2n) is 7.00. The number of H-pyrrole nitrogens is 1. The molecule has 0 spiro atoms. The molecule has 0 radical (unpaired) electrons. The van der Waals surface area contributed by atoms with Crippen molar-refractivity contribution in [1.82, 2.24) is 20.3 Å². The molecule has 2 fully saturated rings. The van der Waals surface area contributed by atoms with Gasteiger partial charge in [0.05, 0.1) is 11.3 Å². The normalized spacial score (nSPS) is 22.1. The molecule has 2 aliphatic rings. The van der Waals surface area contributed by atoms with Crippen LogP contribution in [-0.2, 0) is 0 Å². The van der Waals surface area contributed by atoms with Crippen LogP contribution in [0.5, 0.6) is 0 Å². The standard InChI is InChI=1S/C18H22N6O2/c19-15-4-3-11(10-20-15)17(26)21-13-7-12(8-13)14-9-16(25)23-18(22-14)24-5-1-2-6-24/h3-4,9-10,12-13H,1-2,5-8H2,(H2,19,20)(H,21,26)(H,22,23,25). The SMILES string of the molecule is Nc1ccc(C(=O)NC2CC(c3cc(=O)[nH]c(N4CCCC4)n3)C2)cn1. The number of nitrogens with zero attached hydrogens (tertiary/aromatic N) is 3. The van der Waals surface area contributed by atoms with Crippen LogP contribution in [0.2, 0.25) is 0 Å². The first-order valence-electron chi connectivity index (χ1n) is 8.97. The zero-order valence-electron chi connectivity index (χ0n) is 14.4. The van der Waals surface area contributed by atoms with Crippen LogP contribution in [0.25, 0.3) is 0 Å². The van der Waals surface area contributed by atoms with E-state index in [0.29, 0.717) is 17.3 Å². The second kappa shape index (κ2) is 6.78. The van der Waals surface area contributed by atoms with E-state index in [-0.39, 0.29) is 23.4 Å². The minimum atomic E-state index is -0.155. The summed E-state index contributed by atoms with van der Waals surface area (Å²) in [6.07, 6.45) is 5.30. The molecule has 26 heavy (non-hydrogen) atoms. The van der Waals surface area contributed by atoms with Crippen LogP contribution in [0, 0.1) is 0 Å². The lowest BCUT2D eigenvalue weighted by Gasteiger charge is -2.35. The Hall–Kier alpha value is -2.90. The number of nitrogens with one attached hydrogen (secondary N) is 2. The first-order valence-corrected chi connectivity index (χ1v) is 8.97. The van der Waals surface area contributed by atoms with Gasteiger partial charge in [0.15, 0.2) is 0 Å². The van der Waals surface area contributed by atoms with Crippen molar-refractivity contribution in [2.75, 3.05) is 23.7 Å². The van der Waals surface area contributed by atoms with Gasteiger partial charge >= 0.3 is 0 Å². The fourth-order valence-electron chi connectivity index (χ4n) is 3.54. The Bertz CT molecular complexity index is 851. The van der Waals surface area contributed by atoms with Crippen molar-refractivity contribution in [3.63, 3.8) is 0 Å². The molecule has 1 aliphatic heterocycles. The van der Waals surface area contributed by atoms with Gasteiger partial charge in [0.2, 0.25) is 5.95 Å². The average molecular weight is 354 g/mol. The Kier molecular flexibility index (Phi) is 4.32. The summed E-state index contributed by atoms with van der Waals surface area (Å²) in [5, 5.41) is 2.99. The number of amides is 1. The second-order valence-corrected chi connectivity index (χ2v) is 7.00. The number of aromatic amines is 1. The lowest BCUT2D eigenvalue weighted by Crippen LogP contribution is -2.44. The molecule has 2 aromatic heterocycles. The van der Waals surface area contributed by atoms with E-state index in [1.165, 1.54) is 6.20 Å². The quantitative estimate of drug-likeness (QED) is 0.755. The number of hydrogen-bond donors (Lipinski definition) is 3. The predicted octanol–water partition coefficient (Wildman–Crippen LogP) is 1.02. The van der Waals surface area contributed by atoms with Gasteiger partial charge in [-0.15, -0.1) is 0 Å². The van der Waals surface area contributed by atoms with E-state index in [4.69, 9.17) is 5.73 Å². The van der Waals surface area contributed by atoms with Gasteiger partial charge in [-0.1, -0.05) is 0 Å². The van der Waals surface area contributed by atoms with Crippen LogP contribution in [0.4, 0.5) is 11.8 Å². The summed E-state index contributed by atoms with van der Waals surface area (Å²) in [5.41, 5.74) is 6.73. The molecular weight excluding hydrogens is 332 g/mol. The van der Waals surface area contributed by atoms with E-state index in [1.807, 2.05) is 0 Å². The summed E-state index contributed by atoms with van der Waals surface area (Å²) in [6, 6.07) is 4.93. The summed E-state index contributed by atoms with van der Waals surface area (Å²) in [4.78, 5) is 37.7.